The molecule has 2 aliphatic heterocycles. The highest BCUT2D eigenvalue weighted by molar-refractivity contribution is 5.82. The van der Waals surface area contributed by atoms with Crippen molar-refractivity contribution in [2.24, 2.45) is 5.92 Å². The van der Waals surface area contributed by atoms with Gasteiger partial charge in [0.2, 0.25) is 5.91 Å². The number of nitrogens with one attached hydrogen (secondary N) is 1. The Balaban J connectivity index is 1.72. The second kappa shape index (κ2) is 6.18. The summed E-state index contributed by atoms with van der Waals surface area (Å²) in [7, 11) is 0. The molecule has 0 bridgehead atoms. The predicted octanol–water partition coefficient (Wildman–Crippen LogP) is 1.80. The van der Waals surface area contributed by atoms with E-state index >= 15 is 0 Å². The summed E-state index contributed by atoms with van der Waals surface area (Å²) in [6.07, 6.45) is 6.56. The quantitative estimate of drug-likeness (QED) is 0.923. The van der Waals surface area contributed by atoms with Crippen molar-refractivity contribution >= 4 is 5.91 Å². The molecule has 1 amide bonds. The van der Waals surface area contributed by atoms with Crippen LogP contribution in [0.3, 0.4) is 0 Å². The minimum absolute atomic E-state index is 0.0368. The van der Waals surface area contributed by atoms with Gasteiger partial charge in [-0.05, 0) is 43.8 Å². The Hall–Kier alpha value is -1.36. The number of aromatic amines is 1. The molecule has 0 aliphatic carbocycles. The summed E-state index contributed by atoms with van der Waals surface area (Å²) in [4.78, 5) is 17.4. The number of fused-ring (bicyclic) bond motifs is 1. The third-order valence-corrected chi connectivity index (χ3v) is 4.79. The molecule has 3 heterocycles. The lowest BCUT2D eigenvalue weighted by Gasteiger charge is -2.39. The van der Waals surface area contributed by atoms with Gasteiger partial charge in [0.1, 0.15) is 0 Å². The van der Waals surface area contributed by atoms with Crippen molar-refractivity contribution in [3.63, 3.8) is 0 Å². The van der Waals surface area contributed by atoms with E-state index < -0.39 is 0 Å². The van der Waals surface area contributed by atoms with Crippen LogP contribution in [0.1, 0.15) is 44.4 Å². The summed E-state index contributed by atoms with van der Waals surface area (Å²) >= 11 is 0. The molecule has 5 nitrogen and oxygen atoms in total. The van der Waals surface area contributed by atoms with Crippen LogP contribution in [0, 0.1) is 5.92 Å². The van der Waals surface area contributed by atoms with Crippen molar-refractivity contribution < 1.29 is 4.79 Å². The maximum atomic E-state index is 13.0. The Kier molecular flexibility index (Phi) is 4.29. The maximum Gasteiger partial charge on any atom is 0.240 e. The number of nitrogens with zero attached hydrogens (tertiary/aromatic N) is 3. The molecule has 0 aromatic carbocycles. The van der Waals surface area contributed by atoms with E-state index in [1.165, 1.54) is 24.8 Å². The van der Waals surface area contributed by atoms with Gasteiger partial charge < -0.3 is 4.90 Å². The average molecular weight is 290 g/mol. The van der Waals surface area contributed by atoms with Crippen LogP contribution in [0.4, 0.5) is 0 Å². The molecule has 1 fully saturated rings. The summed E-state index contributed by atoms with van der Waals surface area (Å²) in [6, 6.07) is 0.0368. The van der Waals surface area contributed by atoms with Crippen LogP contribution >= 0.6 is 0 Å². The van der Waals surface area contributed by atoms with Gasteiger partial charge in [-0.15, -0.1) is 0 Å². The van der Waals surface area contributed by atoms with Crippen LogP contribution in [-0.2, 0) is 17.8 Å². The van der Waals surface area contributed by atoms with Gasteiger partial charge in [-0.2, -0.15) is 5.10 Å². The number of piperidine rings is 1. The van der Waals surface area contributed by atoms with Gasteiger partial charge in [-0.25, -0.2) is 0 Å². The van der Waals surface area contributed by atoms with Crippen LogP contribution < -0.4 is 0 Å². The first-order valence-electron chi connectivity index (χ1n) is 8.21. The van der Waals surface area contributed by atoms with E-state index in [4.69, 9.17) is 0 Å². The fourth-order valence-electron chi connectivity index (χ4n) is 3.65. The molecule has 0 spiro atoms. The summed E-state index contributed by atoms with van der Waals surface area (Å²) < 4.78 is 0. The lowest BCUT2D eigenvalue weighted by molar-refractivity contribution is -0.140. The van der Waals surface area contributed by atoms with Gasteiger partial charge in [-0.3, -0.25) is 14.8 Å². The molecule has 2 aliphatic rings. The number of rotatable bonds is 3. The second-order valence-corrected chi connectivity index (χ2v) is 6.67. The highest BCUT2D eigenvalue weighted by Gasteiger charge is 2.34. The van der Waals surface area contributed by atoms with E-state index in [0.29, 0.717) is 18.4 Å². The molecule has 5 heteroatoms. The largest absolute Gasteiger partial charge is 0.335 e. The average Bonchev–Trinajstić information content (AvgIpc) is 2.95. The normalized spacial score (nSPS) is 21.4. The van der Waals surface area contributed by atoms with E-state index in [-0.39, 0.29) is 6.04 Å². The van der Waals surface area contributed by atoms with Gasteiger partial charge in [0.25, 0.3) is 0 Å². The molecule has 1 unspecified atom stereocenters. The molecule has 1 N–H and O–H groups in total. The van der Waals surface area contributed by atoms with Crippen LogP contribution in [0.25, 0.3) is 0 Å². The van der Waals surface area contributed by atoms with Gasteiger partial charge in [0, 0.05) is 6.54 Å². The van der Waals surface area contributed by atoms with Gasteiger partial charge >= 0.3 is 0 Å². The highest BCUT2D eigenvalue weighted by Crippen LogP contribution is 2.23. The lowest BCUT2D eigenvalue weighted by Crippen LogP contribution is -2.53. The fourth-order valence-corrected chi connectivity index (χ4v) is 3.65. The molecule has 1 aromatic rings. The fraction of sp³-hybridized carbons (Fsp3) is 0.750. The molecule has 0 radical (unpaired) electrons. The third-order valence-electron chi connectivity index (χ3n) is 4.79. The van der Waals surface area contributed by atoms with E-state index in [2.05, 4.69) is 28.9 Å². The van der Waals surface area contributed by atoms with Crippen LogP contribution in [0.2, 0.25) is 0 Å². The molecule has 116 valence electrons. The number of hydrogen-bond acceptors (Lipinski definition) is 3. The Morgan fingerprint density at radius 3 is 2.71 bits per heavy atom. The topological polar surface area (TPSA) is 52.2 Å². The van der Waals surface area contributed by atoms with Crippen LogP contribution in [0.5, 0.6) is 0 Å². The smallest absolute Gasteiger partial charge is 0.240 e. The molecule has 1 aromatic heterocycles. The predicted molar refractivity (Wildman–Crippen MR) is 81.8 cm³/mol. The molecular formula is C16H26N4O. The van der Waals surface area contributed by atoms with Crippen molar-refractivity contribution in [3.8, 4) is 0 Å². The van der Waals surface area contributed by atoms with Crippen LogP contribution in [-0.4, -0.2) is 51.6 Å². The Morgan fingerprint density at radius 2 is 2.00 bits per heavy atom. The standard InChI is InChI=1S/C16H26N4O/c1-12(2)15(19-7-4-3-5-8-19)16(21)20-9-6-13-10-17-18-14(13)11-20/h10,12,15H,3-9,11H2,1-2H3,(H,17,18). The first-order chi connectivity index (χ1) is 10.2. The molecule has 1 saturated heterocycles. The number of carbonyl (C=O) groups excluding carboxylic acids is 1. The molecular weight excluding hydrogens is 264 g/mol. The summed E-state index contributed by atoms with van der Waals surface area (Å²) in [5.74, 6) is 0.658. The number of carbonyl (C=O) groups is 1. The number of H-pyrrole nitrogens is 1. The van der Waals surface area contributed by atoms with Crippen molar-refractivity contribution in [3.05, 3.63) is 17.5 Å². The zero-order chi connectivity index (χ0) is 14.8. The maximum absolute atomic E-state index is 13.0. The minimum Gasteiger partial charge on any atom is -0.335 e. The second-order valence-electron chi connectivity index (χ2n) is 6.67. The summed E-state index contributed by atoms with van der Waals surface area (Å²) in [5, 5.41) is 7.13. The zero-order valence-electron chi connectivity index (χ0n) is 13.1. The zero-order valence-corrected chi connectivity index (χ0v) is 13.1. The number of amides is 1. The third kappa shape index (κ3) is 2.98. The van der Waals surface area contributed by atoms with Gasteiger partial charge in [-0.1, -0.05) is 20.3 Å². The van der Waals surface area contributed by atoms with E-state index in [0.717, 1.165) is 31.7 Å². The number of likely N-dealkylation sites (tertiary alicyclic amines) is 1. The lowest BCUT2D eigenvalue weighted by atomic mass is 9.96. The Bertz CT molecular complexity index is 490. The first-order valence-corrected chi connectivity index (χ1v) is 8.21. The Morgan fingerprint density at radius 1 is 1.24 bits per heavy atom. The van der Waals surface area contributed by atoms with E-state index in [1.807, 2.05) is 11.1 Å². The summed E-state index contributed by atoms with van der Waals surface area (Å²) in [5.41, 5.74) is 2.37. The number of aromatic nitrogens is 2. The van der Waals surface area contributed by atoms with Crippen molar-refractivity contribution in [2.45, 2.75) is 52.1 Å². The molecule has 1 atom stereocenters. The Labute approximate surface area is 126 Å². The van der Waals surface area contributed by atoms with Gasteiger partial charge in [0.05, 0.1) is 24.5 Å². The molecule has 0 saturated carbocycles. The SMILES string of the molecule is CC(C)C(C(=O)N1CCc2cn[nH]c2C1)N1CCCCC1. The number of hydrogen-bond donors (Lipinski definition) is 1. The minimum atomic E-state index is 0.0368. The monoisotopic (exact) mass is 290 g/mol. The summed E-state index contributed by atoms with van der Waals surface area (Å²) in [6.45, 7) is 7.98. The molecule has 21 heavy (non-hydrogen) atoms. The van der Waals surface area contributed by atoms with E-state index in [9.17, 15) is 4.79 Å². The van der Waals surface area contributed by atoms with Crippen molar-refractivity contribution in [2.75, 3.05) is 19.6 Å². The van der Waals surface area contributed by atoms with Crippen molar-refractivity contribution in [1.29, 1.82) is 0 Å². The first kappa shape index (κ1) is 14.6. The van der Waals surface area contributed by atoms with Crippen LogP contribution in [0.15, 0.2) is 6.20 Å². The van der Waals surface area contributed by atoms with Gasteiger partial charge in [0.15, 0.2) is 0 Å². The van der Waals surface area contributed by atoms with E-state index in [1.54, 1.807) is 0 Å². The highest BCUT2D eigenvalue weighted by atomic mass is 16.2. The van der Waals surface area contributed by atoms with Crippen molar-refractivity contribution in [1.82, 2.24) is 20.0 Å². The molecule has 3 rings (SSSR count).